The minimum atomic E-state index is 0.0586. The Kier molecular flexibility index (Phi) is 4.41. The fraction of sp³-hybridized carbons (Fsp3) is 0.500. The van der Waals surface area contributed by atoms with Gasteiger partial charge >= 0.3 is 0 Å². The number of likely N-dealkylation sites (tertiary alicyclic amines) is 1. The second-order valence-electron chi connectivity index (χ2n) is 5.33. The Morgan fingerprint density at radius 2 is 2.11 bits per heavy atom. The molecule has 0 aromatic heterocycles. The fourth-order valence-corrected chi connectivity index (χ4v) is 3.00. The minimum absolute atomic E-state index is 0.0586. The average Bonchev–Trinajstić information content (AvgIpc) is 2.32. The van der Waals surface area contributed by atoms with Crippen LogP contribution >= 0.6 is 28.1 Å². The van der Waals surface area contributed by atoms with Crippen LogP contribution in [0.4, 0.5) is 0 Å². The van der Waals surface area contributed by atoms with Gasteiger partial charge in [-0.05, 0) is 43.6 Å². The van der Waals surface area contributed by atoms with Crippen molar-refractivity contribution in [2.45, 2.75) is 26.3 Å². The number of hydrogen-bond donors (Lipinski definition) is 1. The number of nitrogens with two attached hydrogens (primary N) is 1. The van der Waals surface area contributed by atoms with Crippen molar-refractivity contribution in [3.05, 3.63) is 34.3 Å². The molecule has 0 atom stereocenters. The predicted octanol–water partition coefficient (Wildman–Crippen LogP) is 3.34. The zero-order valence-electron chi connectivity index (χ0n) is 10.7. The molecule has 98 valence electrons. The molecule has 0 saturated carbocycles. The van der Waals surface area contributed by atoms with Gasteiger partial charge in [-0.2, -0.15) is 0 Å². The Morgan fingerprint density at radius 1 is 1.44 bits per heavy atom. The van der Waals surface area contributed by atoms with E-state index in [4.69, 9.17) is 18.0 Å². The lowest BCUT2D eigenvalue weighted by Crippen LogP contribution is -2.44. The Labute approximate surface area is 123 Å². The number of piperidine rings is 1. The molecule has 0 aliphatic carbocycles. The smallest absolute Gasteiger partial charge is 0.0788 e. The van der Waals surface area contributed by atoms with Crippen LogP contribution in [0.5, 0.6) is 0 Å². The van der Waals surface area contributed by atoms with Crippen molar-refractivity contribution in [2.24, 2.45) is 11.1 Å². The van der Waals surface area contributed by atoms with E-state index in [0.29, 0.717) is 4.99 Å². The molecular formula is C14H19BrN2S. The highest BCUT2D eigenvalue weighted by atomic mass is 79.9. The quantitative estimate of drug-likeness (QED) is 0.864. The third-order valence-corrected chi connectivity index (χ3v) is 4.84. The van der Waals surface area contributed by atoms with Crippen molar-refractivity contribution in [3.63, 3.8) is 0 Å². The molecular weight excluding hydrogens is 308 g/mol. The van der Waals surface area contributed by atoms with Gasteiger partial charge in [-0.3, -0.25) is 4.90 Å². The van der Waals surface area contributed by atoms with Gasteiger partial charge in [0, 0.05) is 16.4 Å². The van der Waals surface area contributed by atoms with E-state index in [-0.39, 0.29) is 5.41 Å². The maximum absolute atomic E-state index is 5.83. The number of benzene rings is 1. The highest BCUT2D eigenvalue weighted by molar-refractivity contribution is 9.10. The SMILES string of the molecule is CC1(C(N)=S)CCN(Cc2cccc(Br)c2)CC1. The molecule has 1 fully saturated rings. The number of rotatable bonds is 3. The Hall–Kier alpha value is -0.450. The molecule has 1 aliphatic heterocycles. The number of hydrogen-bond acceptors (Lipinski definition) is 2. The Balaban J connectivity index is 1.93. The molecule has 0 unspecified atom stereocenters. The van der Waals surface area contributed by atoms with Crippen LogP contribution in [-0.4, -0.2) is 23.0 Å². The van der Waals surface area contributed by atoms with E-state index in [2.05, 4.69) is 52.0 Å². The molecule has 1 heterocycles. The first-order valence-corrected chi connectivity index (χ1v) is 7.46. The molecule has 1 saturated heterocycles. The summed E-state index contributed by atoms with van der Waals surface area (Å²) >= 11 is 8.68. The predicted molar refractivity (Wildman–Crippen MR) is 83.5 cm³/mol. The molecule has 18 heavy (non-hydrogen) atoms. The molecule has 0 amide bonds. The molecule has 2 N–H and O–H groups in total. The largest absolute Gasteiger partial charge is 0.393 e. The van der Waals surface area contributed by atoms with E-state index in [0.717, 1.165) is 36.9 Å². The molecule has 4 heteroatoms. The van der Waals surface area contributed by atoms with Crippen LogP contribution in [0.15, 0.2) is 28.7 Å². The molecule has 1 aliphatic rings. The third-order valence-electron chi connectivity index (χ3n) is 3.85. The van der Waals surface area contributed by atoms with Crippen molar-refractivity contribution < 1.29 is 0 Å². The summed E-state index contributed by atoms with van der Waals surface area (Å²) in [5.74, 6) is 0. The van der Waals surface area contributed by atoms with Gasteiger partial charge in [-0.1, -0.05) is 47.2 Å². The minimum Gasteiger partial charge on any atom is -0.393 e. The van der Waals surface area contributed by atoms with E-state index in [9.17, 15) is 0 Å². The zero-order valence-corrected chi connectivity index (χ0v) is 13.1. The van der Waals surface area contributed by atoms with Gasteiger partial charge < -0.3 is 5.73 Å². The molecule has 0 bridgehead atoms. The van der Waals surface area contributed by atoms with Crippen LogP contribution in [0.3, 0.4) is 0 Å². The van der Waals surface area contributed by atoms with Crippen LogP contribution in [0.25, 0.3) is 0 Å². The van der Waals surface area contributed by atoms with Crippen molar-refractivity contribution in [1.82, 2.24) is 4.90 Å². The number of thiocarbonyl (C=S) groups is 1. The highest BCUT2D eigenvalue weighted by Gasteiger charge is 2.32. The van der Waals surface area contributed by atoms with Crippen LogP contribution in [-0.2, 0) is 6.54 Å². The van der Waals surface area contributed by atoms with Crippen LogP contribution in [0.1, 0.15) is 25.3 Å². The topological polar surface area (TPSA) is 29.3 Å². The zero-order chi connectivity index (χ0) is 13.2. The fourth-order valence-electron chi connectivity index (χ4n) is 2.34. The molecule has 1 aromatic rings. The van der Waals surface area contributed by atoms with Crippen LogP contribution < -0.4 is 5.73 Å². The summed E-state index contributed by atoms with van der Waals surface area (Å²) in [7, 11) is 0. The third kappa shape index (κ3) is 3.31. The first-order valence-electron chi connectivity index (χ1n) is 6.26. The summed E-state index contributed by atoms with van der Waals surface area (Å²) in [4.78, 5) is 3.14. The first-order chi connectivity index (χ1) is 8.49. The van der Waals surface area contributed by atoms with Crippen molar-refractivity contribution in [2.75, 3.05) is 13.1 Å². The van der Waals surface area contributed by atoms with Gasteiger partial charge in [0.05, 0.1) is 4.99 Å². The van der Waals surface area contributed by atoms with E-state index in [1.165, 1.54) is 5.56 Å². The lowest BCUT2D eigenvalue weighted by atomic mass is 9.80. The molecule has 2 nitrogen and oxygen atoms in total. The van der Waals surface area contributed by atoms with E-state index in [1.54, 1.807) is 0 Å². The van der Waals surface area contributed by atoms with Gasteiger partial charge in [-0.15, -0.1) is 0 Å². The van der Waals surface area contributed by atoms with Gasteiger partial charge in [0.1, 0.15) is 0 Å². The molecule has 0 spiro atoms. The maximum Gasteiger partial charge on any atom is 0.0788 e. The van der Waals surface area contributed by atoms with Crippen molar-refractivity contribution in [3.8, 4) is 0 Å². The van der Waals surface area contributed by atoms with Gasteiger partial charge in [0.2, 0.25) is 0 Å². The lowest BCUT2D eigenvalue weighted by molar-refractivity contribution is 0.158. The van der Waals surface area contributed by atoms with Crippen molar-refractivity contribution in [1.29, 1.82) is 0 Å². The summed E-state index contributed by atoms with van der Waals surface area (Å²) in [6.45, 7) is 5.33. The average molecular weight is 327 g/mol. The summed E-state index contributed by atoms with van der Waals surface area (Å²) in [5.41, 5.74) is 7.23. The van der Waals surface area contributed by atoms with Crippen LogP contribution in [0.2, 0.25) is 0 Å². The van der Waals surface area contributed by atoms with Gasteiger partial charge in [-0.25, -0.2) is 0 Å². The summed E-state index contributed by atoms with van der Waals surface area (Å²) in [6, 6.07) is 8.50. The van der Waals surface area contributed by atoms with Gasteiger partial charge in [0.25, 0.3) is 0 Å². The molecule has 0 radical (unpaired) electrons. The van der Waals surface area contributed by atoms with E-state index in [1.807, 2.05) is 0 Å². The monoisotopic (exact) mass is 326 g/mol. The second-order valence-corrected chi connectivity index (χ2v) is 6.69. The van der Waals surface area contributed by atoms with E-state index >= 15 is 0 Å². The Bertz CT molecular complexity index is 439. The van der Waals surface area contributed by atoms with E-state index < -0.39 is 0 Å². The maximum atomic E-state index is 5.83. The molecule has 1 aromatic carbocycles. The summed E-state index contributed by atoms with van der Waals surface area (Å²) in [6.07, 6.45) is 2.13. The standard InChI is InChI=1S/C14H19BrN2S/c1-14(13(16)18)5-7-17(8-6-14)10-11-3-2-4-12(15)9-11/h2-4,9H,5-8,10H2,1H3,(H2,16,18). The number of halogens is 1. The Morgan fingerprint density at radius 3 is 2.67 bits per heavy atom. The normalized spacial score (nSPS) is 19.7. The lowest BCUT2D eigenvalue weighted by Gasteiger charge is -2.38. The highest BCUT2D eigenvalue weighted by Crippen LogP contribution is 2.31. The summed E-state index contributed by atoms with van der Waals surface area (Å²) in [5, 5.41) is 0. The van der Waals surface area contributed by atoms with Crippen LogP contribution in [0, 0.1) is 5.41 Å². The van der Waals surface area contributed by atoms with Crippen molar-refractivity contribution >= 4 is 33.1 Å². The van der Waals surface area contributed by atoms with Gasteiger partial charge in [0.15, 0.2) is 0 Å². The summed E-state index contributed by atoms with van der Waals surface area (Å²) < 4.78 is 1.14. The number of nitrogens with zero attached hydrogens (tertiary/aromatic N) is 1. The second kappa shape index (κ2) is 5.68. The first kappa shape index (κ1) is 14.0. The molecule has 2 rings (SSSR count).